The van der Waals surface area contributed by atoms with Crippen LogP contribution in [-0.4, -0.2) is 30.5 Å². The van der Waals surface area contributed by atoms with Crippen molar-refractivity contribution in [1.29, 1.82) is 0 Å². The minimum absolute atomic E-state index is 0.0677. The fraction of sp³-hybridized carbons (Fsp3) is 0.350. The largest absolute Gasteiger partial charge is 0.484 e. The van der Waals surface area contributed by atoms with Crippen molar-refractivity contribution >= 4 is 5.91 Å². The molecule has 2 aromatic carbocycles. The second-order valence-corrected chi connectivity index (χ2v) is 6.33. The smallest absolute Gasteiger partial charge is 0.260 e. The molecule has 2 aromatic rings. The van der Waals surface area contributed by atoms with E-state index in [0.29, 0.717) is 18.8 Å². The van der Waals surface area contributed by atoms with Crippen LogP contribution in [0.15, 0.2) is 48.5 Å². The molecule has 1 saturated heterocycles. The van der Waals surface area contributed by atoms with Crippen LogP contribution in [0.5, 0.6) is 5.75 Å². The molecule has 3 nitrogen and oxygen atoms in total. The van der Waals surface area contributed by atoms with E-state index in [9.17, 15) is 13.6 Å². The number of nitrogens with zero attached hydrogens (tertiary/aromatic N) is 1. The van der Waals surface area contributed by atoms with Gasteiger partial charge in [-0.2, -0.15) is 0 Å². The molecule has 3 rings (SSSR count). The third-order valence-electron chi connectivity index (χ3n) is 4.54. The number of halogens is 2. The molecule has 0 spiro atoms. The highest BCUT2D eigenvalue weighted by molar-refractivity contribution is 5.77. The van der Waals surface area contributed by atoms with Crippen molar-refractivity contribution in [1.82, 2.24) is 4.90 Å². The van der Waals surface area contributed by atoms with Crippen molar-refractivity contribution in [3.8, 4) is 5.75 Å². The lowest BCUT2D eigenvalue weighted by molar-refractivity contribution is -0.133. The highest BCUT2D eigenvalue weighted by atomic mass is 19.1. The molecule has 1 amide bonds. The monoisotopic (exact) mass is 345 g/mol. The van der Waals surface area contributed by atoms with Crippen LogP contribution in [0.3, 0.4) is 0 Å². The molecule has 1 unspecified atom stereocenters. The molecule has 25 heavy (non-hydrogen) atoms. The van der Waals surface area contributed by atoms with Gasteiger partial charge in [-0.3, -0.25) is 4.79 Å². The van der Waals surface area contributed by atoms with E-state index in [0.717, 1.165) is 24.8 Å². The zero-order valence-corrected chi connectivity index (χ0v) is 14.0. The number of hydrogen-bond acceptors (Lipinski definition) is 2. The lowest BCUT2D eigenvalue weighted by atomic mass is 9.94. The molecular formula is C20H21F2NO2. The van der Waals surface area contributed by atoms with Gasteiger partial charge >= 0.3 is 0 Å². The second kappa shape index (κ2) is 8.10. The topological polar surface area (TPSA) is 29.5 Å². The maximum atomic E-state index is 13.1. The first-order valence-electron chi connectivity index (χ1n) is 8.53. The van der Waals surface area contributed by atoms with E-state index in [-0.39, 0.29) is 30.1 Å². The van der Waals surface area contributed by atoms with Gasteiger partial charge in [0.1, 0.15) is 17.4 Å². The summed E-state index contributed by atoms with van der Waals surface area (Å²) >= 11 is 0. The van der Waals surface area contributed by atoms with Crippen molar-refractivity contribution < 1.29 is 18.3 Å². The number of likely N-dealkylation sites (tertiary alicyclic amines) is 1. The van der Waals surface area contributed by atoms with Gasteiger partial charge in [0.05, 0.1) is 0 Å². The van der Waals surface area contributed by atoms with E-state index in [4.69, 9.17) is 4.74 Å². The first-order chi connectivity index (χ1) is 12.1. The second-order valence-electron chi connectivity index (χ2n) is 6.33. The number of amides is 1. The summed E-state index contributed by atoms with van der Waals surface area (Å²) in [6.07, 6.45) is 2.96. The Morgan fingerprint density at radius 1 is 1.00 bits per heavy atom. The maximum absolute atomic E-state index is 13.1. The van der Waals surface area contributed by atoms with Crippen LogP contribution in [-0.2, 0) is 4.79 Å². The standard InChI is InChI=1S/C20H21F2NO2/c21-17-6-4-15(5-7-17)16-3-1-2-12-23(13-16)20(24)14-25-19-10-8-18(22)9-11-19/h4-11,16H,1-3,12-14H2. The third-order valence-corrected chi connectivity index (χ3v) is 4.54. The minimum atomic E-state index is -0.340. The van der Waals surface area contributed by atoms with Gasteiger partial charge in [0.2, 0.25) is 0 Å². The first kappa shape index (κ1) is 17.4. The van der Waals surface area contributed by atoms with E-state index >= 15 is 0 Å². The fourth-order valence-electron chi connectivity index (χ4n) is 3.14. The van der Waals surface area contributed by atoms with E-state index in [1.807, 2.05) is 4.90 Å². The number of rotatable bonds is 4. The summed E-state index contributed by atoms with van der Waals surface area (Å²) < 4.78 is 31.5. The molecule has 1 heterocycles. The summed E-state index contributed by atoms with van der Waals surface area (Å²) in [6.45, 7) is 1.24. The molecule has 1 aliphatic rings. The zero-order chi connectivity index (χ0) is 17.6. The molecule has 1 aliphatic heterocycles. The molecule has 0 aliphatic carbocycles. The highest BCUT2D eigenvalue weighted by Crippen LogP contribution is 2.26. The Labute approximate surface area is 146 Å². The summed E-state index contributed by atoms with van der Waals surface area (Å²) in [7, 11) is 0. The number of carbonyl (C=O) groups is 1. The fourth-order valence-corrected chi connectivity index (χ4v) is 3.14. The Hall–Kier alpha value is -2.43. The van der Waals surface area contributed by atoms with Gasteiger partial charge < -0.3 is 9.64 Å². The average Bonchev–Trinajstić information content (AvgIpc) is 2.88. The summed E-state index contributed by atoms with van der Waals surface area (Å²) in [5.74, 6) is 0.00204. The minimum Gasteiger partial charge on any atom is -0.484 e. The van der Waals surface area contributed by atoms with Crippen molar-refractivity contribution in [2.24, 2.45) is 0 Å². The Balaban J connectivity index is 1.60. The van der Waals surface area contributed by atoms with Gasteiger partial charge in [0, 0.05) is 19.0 Å². The highest BCUT2D eigenvalue weighted by Gasteiger charge is 2.23. The Morgan fingerprint density at radius 2 is 1.64 bits per heavy atom. The maximum Gasteiger partial charge on any atom is 0.260 e. The number of ether oxygens (including phenoxy) is 1. The molecule has 5 heteroatoms. The summed E-state index contributed by atoms with van der Waals surface area (Å²) in [6, 6.07) is 12.1. The molecular weight excluding hydrogens is 324 g/mol. The van der Waals surface area contributed by atoms with Crippen LogP contribution in [0.4, 0.5) is 8.78 Å². The molecule has 1 fully saturated rings. The summed E-state index contributed by atoms with van der Waals surface area (Å²) in [5, 5.41) is 0. The molecule has 0 N–H and O–H groups in total. The van der Waals surface area contributed by atoms with E-state index < -0.39 is 0 Å². The predicted molar refractivity (Wildman–Crippen MR) is 91.5 cm³/mol. The average molecular weight is 345 g/mol. The predicted octanol–water partition coefficient (Wildman–Crippen LogP) is 4.14. The Morgan fingerprint density at radius 3 is 2.32 bits per heavy atom. The normalized spacial score (nSPS) is 17.8. The van der Waals surface area contributed by atoms with Crippen molar-refractivity contribution in [2.45, 2.75) is 25.2 Å². The van der Waals surface area contributed by atoms with E-state index in [1.165, 1.54) is 36.4 Å². The van der Waals surface area contributed by atoms with Crippen molar-refractivity contribution in [2.75, 3.05) is 19.7 Å². The van der Waals surface area contributed by atoms with Crippen LogP contribution in [0, 0.1) is 11.6 Å². The van der Waals surface area contributed by atoms with Gasteiger partial charge in [-0.25, -0.2) is 8.78 Å². The van der Waals surface area contributed by atoms with Gasteiger partial charge in [0.25, 0.3) is 5.91 Å². The third kappa shape index (κ3) is 4.78. The molecule has 0 bridgehead atoms. The van der Waals surface area contributed by atoms with Crippen LogP contribution in [0.1, 0.15) is 30.7 Å². The van der Waals surface area contributed by atoms with Crippen molar-refractivity contribution in [3.05, 3.63) is 65.7 Å². The SMILES string of the molecule is O=C(COc1ccc(F)cc1)N1CCCCC(c2ccc(F)cc2)C1. The zero-order valence-electron chi connectivity index (χ0n) is 14.0. The summed E-state index contributed by atoms with van der Waals surface area (Å²) in [4.78, 5) is 14.3. The van der Waals surface area contributed by atoms with Crippen LogP contribution in [0.25, 0.3) is 0 Å². The van der Waals surface area contributed by atoms with E-state index in [2.05, 4.69) is 0 Å². The van der Waals surface area contributed by atoms with Gasteiger partial charge in [-0.1, -0.05) is 18.6 Å². The molecule has 0 aromatic heterocycles. The Kier molecular flexibility index (Phi) is 5.64. The number of benzene rings is 2. The van der Waals surface area contributed by atoms with Gasteiger partial charge in [-0.15, -0.1) is 0 Å². The Bertz CT molecular complexity index is 701. The molecule has 132 valence electrons. The lowest BCUT2D eigenvalue weighted by Crippen LogP contribution is -2.37. The van der Waals surface area contributed by atoms with Gasteiger partial charge in [0.15, 0.2) is 6.61 Å². The number of hydrogen-bond donors (Lipinski definition) is 0. The van der Waals surface area contributed by atoms with Crippen LogP contribution in [0.2, 0.25) is 0 Å². The molecule has 0 saturated carbocycles. The quantitative estimate of drug-likeness (QED) is 0.833. The van der Waals surface area contributed by atoms with Gasteiger partial charge in [-0.05, 0) is 54.8 Å². The molecule has 1 atom stereocenters. The first-order valence-corrected chi connectivity index (χ1v) is 8.53. The van der Waals surface area contributed by atoms with E-state index in [1.54, 1.807) is 12.1 Å². The van der Waals surface area contributed by atoms with Crippen molar-refractivity contribution in [3.63, 3.8) is 0 Å². The summed E-state index contributed by atoms with van der Waals surface area (Å²) in [5.41, 5.74) is 1.06. The lowest BCUT2D eigenvalue weighted by Gasteiger charge is -2.25. The van der Waals surface area contributed by atoms with Crippen LogP contribution >= 0.6 is 0 Å². The number of carbonyl (C=O) groups excluding carboxylic acids is 1. The van der Waals surface area contributed by atoms with Crippen LogP contribution < -0.4 is 4.74 Å². The molecule has 0 radical (unpaired) electrons.